The summed E-state index contributed by atoms with van der Waals surface area (Å²) in [4.78, 5) is 33.4. The fourth-order valence-corrected chi connectivity index (χ4v) is 4.10. The van der Waals surface area contributed by atoms with Crippen LogP contribution in [0.2, 0.25) is 0 Å². The smallest absolute Gasteiger partial charge is 0.417 e. The molecule has 1 saturated heterocycles. The number of hydrogen-bond donors (Lipinski definition) is 1. The number of nitrogens with two attached hydrogens (primary N) is 1. The number of imide groups is 1. The zero-order chi connectivity index (χ0) is 23.0. The Morgan fingerprint density at radius 2 is 1.72 bits per heavy atom. The maximum Gasteiger partial charge on any atom is 0.417 e. The van der Waals surface area contributed by atoms with Crippen LogP contribution in [0.4, 0.5) is 4.79 Å². The van der Waals surface area contributed by atoms with Crippen LogP contribution in [0.1, 0.15) is 51.2 Å². The van der Waals surface area contributed by atoms with E-state index in [1.165, 1.54) is 4.90 Å². The lowest BCUT2D eigenvalue weighted by atomic mass is 9.90. The van der Waals surface area contributed by atoms with Crippen LogP contribution in [0.3, 0.4) is 0 Å². The van der Waals surface area contributed by atoms with Gasteiger partial charge < -0.3 is 4.74 Å². The summed E-state index contributed by atoms with van der Waals surface area (Å²) in [6, 6.07) is 19.5. The van der Waals surface area contributed by atoms with E-state index in [-0.39, 0.29) is 17.9 Å². The molecule has 172 valence electrons. The van der Waals surface area contributed by atoms with Gasteiger partial charge in [-0.2, -0.15) is 0 Å². The molecule has 2 N–H and O–H groups in total. The van der Waals surface area contributed by atoms with Crippen molar-refractivity contribution in [2.24, 2.45) is 5.92 Å². The molecule has 2 atom stereocenters. The van der Waals surface area contributed by atoms with Crippen LogP contribution in [-0.2, 0) is 27.4 Å². The highest BCUT2D eigenvalue weighted by Gasteiger charge is 2.51. The highest BCUT2D eigenvalue weighted by molar-refractivity contribution is 5.95. The third-order valence-corrected chi connectivity index (χ3v) is 6.02. The molecule has 1 aliphatic rings. The van der Waals surface area contributed by atoms with Gasteiger partial charge in [-0.25, -0.2) is 20.0 Å². The topological polar surface area (TPSA) is 72.5 Å². The fourth-order valence-electron chi connectivity index (χ4n) is 4.10. The van der Waals surface area contributed by atoms with Crippen molar-refractivity contribution in [3.63, 3.8) is 0 Å². The predicted molar refractivity (Wildman–Crippen MR) is 122 cm³/mol. The molecule has 0 radical (unpaired) electrons. The Morgan fingerprint density at radius 1 is 1.09 bits per heavy atom. The number of rotatable bonds is 11. The molecule has 1 aliphatic heterocycles. The quantitative estimate of drug-likeness (QED) is 0.426. The summed E-state index contributed by atoms with van der Waals surface area (Å²) in [5.41, 5.74) is 3.12. The molecule has 1 heterocycles. The van der Waals surface area contributed by atoms with Gasteiger partial charge in [-0.1, -0.05) is 80.4 Å². The van der Waals surface area contributed by atoms with E-state index in [0.29, 0.717) is 26.0 Å². The monoisotopic (exact) mass is 439 g/mol. The summed E-state index contributed by atoms with van der Waals surface area (Å²) >= 11 is 0. The Balaban J connectivity index is 1.68. The first-order valence-corrected chi connectivity index (χ1v) is 11.5. The van der Waals surface area contributed by atoms with Crippen LogP contribution >= 0.6 is 0 Å². The Bertz CT molecular complexity index is 870. The minimum absolute atomic E-state index is 0.172. The average molecular weight is 440 g/mol. The summed E-state index contributed by atoms with van der Waals surface area (Å²) in [6.45, 7) is 6.78. The van der Waals surface area contributed by atoms with Gasteiger partial charge in [0.15, 0.2) is 0 Å². The SMILES string of the molecule is CCCCC(C[NH2+]OCc1ccccc1)C(=O)N1C(=O)OC(C)(C)C1Cc1ccccc1. The van der Waals surface area contributed by atoms with Gasteiger partial charge in [0, 0.05) is 0 Å². The van der Waals surface area contributed by atoms with E-state index in [2.05, 4.69) is 6.92 Å². The second-order valence-corrected chi connectivity index (χ2v) is 8.92. The first-order valence-electron chi connectivity index (χ1n) is 11.5. The van der Waals surface area contributed by atoms with Crippen LogP contribution in [0, 0.1) is 5.92 Å². The molecule has 6 heteroatoms. The average Bonchev–Trinajstić information content (AvgIpc) is 3.01. The Kier molecular flexibility index (Phi) is 8.42. The molecule has 6 nitrogen and oxygen atoms in total. The molecule has 0 saturated carbocycles. The van der Waals surface area contributed by atoms with Crippen LogP contribution in [0.25, 0.3) is 0 Å². The van der Waals surface area contributed by atoms with Crippen LogP contribution < -0.4 is 5.48 Å². The summed E-state index contributed by atoms with van der Waals surface area (Å²) in [6.07, 6.45) is 2.63. The van der Waals surface area contributed by atoms with E-state index in [9.17, 15) is 9.59 Å². The van der Waals surface area contributed by atoms with E-state index in [1.807, 2.05) is 74.5 Å². The molecule has 2 amide bonds. The van der Waals surface area contributed by atoms with Crippen molar-refractivity contribution >= 4 is 12.0 Å². The van der Waals surface area contributed by atoms with E-state index in [0.717, 1.165) is 24.0 Å². The van der Waals surface area contributed by atoms with Gasteiger partial charge >= 0.3 is 6.09 Å². The largest absolute Gasteiger partial charge is 0.441 e. The lowest BCUT2D eigenvalue weighted by molar-refractivity contribution is -0.902. The summed E-state index contributed by atoms with van der Waals surface area (Å²) in [5, 5.41) is 0. The predicted octanol–water partition coefficient (Wildman–Crippen LogP) is 3.86. The van der Waals surface area contributed by atoms with Crippen molar-refractivity contribution in [1.29, 1.82) is 0 Å². The van der Waals surface area contributed by atoms with Crippen LogP contribution in [0.5, 0.6) is 0 Å². The molecule has 0 aliphatic carbocycles. The third kappa shape index (κ3) is 6.17. The lowest BCUT2D eigenvalue weighted by Gasteiger charge is -2.29. The molecule has 2 unspecified atom stereocenters. The number of unbranched alkanes of at least 4 members (excludes halogenated alkanes) is 1. The number of quaternary nitrogens is 1. The standard InChI is InChI=1S/C26H34N2O4/c1-4-5-16-22(18-27-31-19-21-14-10-7-11-15-21)24(29)28-23(26(2,3)32-25(28)30)17-20-12-8-6-9-13-20/h6-15,22-23,27H,4-5,16-19H2,1-3H3/p+1. The van der Waals surface area contributed by atoms with Crippen molar-refractivity contribution in [2.75, 3.05) is 6.54 Å². The summed E-state index contributed by atoms with van der Waals surface area (Å²) in [5.74, 6) is -0.486. The van der Waals surface area contributed by atoms with Gasteiger partial charge in [0.1, 0.15) is 18.8 Å². The Labute approximate surface area is 190 Å². The van der Waals surface area contributed by atoms with Gasteiger partial charge in [-0.3, -0.25) is 4.79 Å². The van der Waals surface area contributed by atoms with Crippen molar-refractivity contribution in [1.82, 2.24) is 4.90 Å². The maximum atomic E-state index is 13.6. The van der Waals surface area contributed by atoms with Crippen molar-refractivity contribution in [3.8, 4) is 0 Å². The molecule has 2 aromatic carbocycles. The van der Waals surface area contributed by atoms with Crippen LogP contribution in [-0.4, -0.2) is 35.1 Å². The third-order valence-electron chi connectivity index (χ3n) is 6.02. The lowest BCUT2D eigenvalue weighted by Crippen LogP contribution is -2.85. The highest BCUT2D eigenvalue weighted by Crippen LogP contribution is 2.33. The van der Waals surface area contributed by atoms with Gasteiger partial charge in [0.05, 0.1) is 12.0 Å². The molecular formula is C26H35N2O4+. The van der Waals surface area contributed by atoms with Gasteiger partial charge in [-0.05, 0) is 37.8 Å². The van der Waals surface area contributed by atoms with Gasteiger partial charge in [0.2, 0.25) is 5.91 Å². The van der Waals surface area contributed by atoms with E-state index < -0.39 is 11.7 Å². The second kappa shape index (κ2) is 11.2. The molecule has 3 rings (SSSR count). The number of hydrogen-bond acceptors (Lipinski definition) is 4. The van der Waals surface area contributed by atoms with Crippen molar-refractivity contribution in [2.45, 2.75) is 64.7 Å². The van der Waals surface area contributed by atoms with Crippen molar-refractivity contribution in [3.05, 3.63) is 71.8 Å². The molecule has 32 heavy (non-hydrogen) atoms. The number of benzene rings is 2. The zero-order valence-electron chi connectivity index (χ0n) is 19.3. The first-order chi connectivity index (χ1) is 15.4. The number of carbonyl (C=O) groups is 2. The summed E-state index contributed by atoms with van der Waals surface area (Å²) < 4.78 is 5.63. The molecule has 0 spiro atoms. The molecule has 2 aromatic rings. The van der Waals surface area contributed by atoms with Gasteiger partial charge in [-0.15, -0.1) is 0 Å². The number of nitrogens with zero attached hydrogens (tertiary/aromatic N) is 1. The number of cyclic esters (lactones) is 1. The van der Waals surface area contributed by atoms with E-state index in [4.69, 9.17) is 9.57 Å². The molecule has 0 aromatic heterocycles. The van der Waals surface area contributed by atoms with Crippen LogP contribution in [0.15, 0.2) is 60.7 Å². The normalized spacial score (nSPS) is 18.4. The molecule has 0 bridgehead atoms. The zero-order valence-corrected chi connectivity index (χ0v) is 19.3. The second-order valence-electron chi connectivity index (χ2n) is 8.92. The Hall–Kier alpha value is -2.70. The fraction of sp³-hybridized carbons (Fsp3) is 0.462. The minimum Gasteiger partial charge on any atom is -0.441 e. The van der Waals surface area contributed by atoms with Crippen molar-refractivity contribution < 1.29 is 24.6 Å². The number of ether oxygens (including phenoxy) is 1. The Morgan fingerprint density at radius 3 is 2.34 bits per heavy atom. The van der Waals surface area contributed by atoms with E-state index >= 15 is 0 Å². The van der Waals surface area contributed by atoms with Gasteiger partial charge in [0.25, 0.3) is 0 Å². The van der Waals surface area contributed by atoms with E-state index in [1.54, 1.807) is 5.48 Å². The maximum absolute atomic E-state index is 13.6. The highest BCUT2D eigenvalue weighted by atomic mass is 16.6. The molecular weight excluding hydrogens is 404 g/mol. The summed E-state index contributed by atoms with van der Waals surface area (Å²) in [7, 11) is 0. The number of amides is 2. The molecule has 1 fully saturated rings. The number of hydroxylamine groups is 1. The first kappa shape index (κ1) is 24.0. The minimum atomic E-state index is -0.745. The number of carbonyl (C=O) groups excluding carboxylic acids is 2.